The van der Waals surface area contributed by atoms with Crippen LogP contribution in [0.25, 0.3) is 0 Å². The first-order chi connectivity index (χ1) is 10.1. The molecule has 0 aliphatic rings. The fourth-order valence-electron chi connectivity index (χ4n) is 1.69. The summed E-state index contributed by atoms with van der Waals surface area (Å²) in [6.45, 7) is 3.97. The maximum Gasteiger partial charge on any atom is 0.233 e. The van der Waals surface area contributed by atoms with Crippen molar-refractivity contribution in [3.05, 3.63) is 77.7 Å². The zero-order chi connectivity index (χ0) is 15.1. The van der Waals surface area contributed by atoms with Crippen molar-refractivity contribution in [1.82, 2.24) is 4.72 Å². The highest BCUT2D eigenvalue weighted by Crippen LogP contribution is 2.14. The molecule has 21 heavy (non-hydrogen) atoms. The molecule has 0 aliphatic carbocycles. The molecule has 2 aromatic rings. The Bertz CT molecular complexity index is 679. The van der Waals surface area contributed by atoms with Crippen molar-refractivity contribution in [3.8, 4) is 5.75 Å². The second kappa shape index (κ2) is 7.06. The molecule has 0 unspecified atom stereocenters. The van der Waals surface area contributed by atoms with Crippen LogP contribution in [-0.2, 0) is 23.2 Å². The van der Waals surface area contributed by atoms with Gasteiger partial charge in [0, 0.05) is 12.0 Å². The fourth-order valence-corrected chi connectivity index (χ4v) is 2.17. The molecule has 0 bridgehead atoms. The highest BCUT2D eigenvalue weighted by molar-refractivity contribution is 7.92. The Morgan fingerprint density at radius 2 is 1.67 bits per heavy atom. The summed E-state index contributed by atoms with van der Waals surface area (Å²) in [7, 11) is -3.39. The highest BCUT2D eigenvalue weighted by Gasteiger charge is 2.03. The van der Waals surface area contributed by atoms with E-state index in [4.69, 9.17) is 4.74 Å². The molecule has 0 radical (unpaired) electrons. The second-order valence-corrected chi connectivity index (χ2v) is 6.16. The summed E-state index contributed by atoms with van der Waals surface area (Å²) < 4.78 is 30.6. The minimum absolute atomic E-state index is 0.229. The third-order valence-electron chi connectivity index (χ3n) is 2.87. The molecule has 0 aromatic heterocycles. The molecule has 0 heterocycles. The molecular formula is C16H17NO3S. The second-order valence-electron chi connectivity index (χ2n) is 4.45. The molecule has 0 atom stereocenters. The average Bonchev–Trinajstić information content (AvgIpc) is 2.53. The molecule has 110 valence electrons. The minimum Gasteiger partial charge on any atom is -0.489 e. The lowest BCUT2D eigenvalue weighted by Crippen LogP contribution is -2.20. The van der Waals surface area contributed by atoms with Gasteiger partial charge < -0.3 is 4.74 Å². The SMILES string of the molecule is C=CS(=O)(=O)NCc1ccc(OCc2ccccc2)cc1. The Kier molecular flexibility index (Phi) is 5.14. The number of hydrogen-bond acceptors (Lipinski definition) is 3. The number of nitrogens with one attached hydrogen (secondary N) is 1. The van der Waals surface area contributed by atoms with Gasteiger partial charge in [-0.1, -0.05) is 49.0 Å². The zero-order valence-electron chi connectivity index (χ0n) is 11.5. The first-order valence-electron chi connectivity index (χ1n) is 6.47. The molecule has 1 N–H and O–H groups in total. The van der Waals surface area contributed by atoms with Crippen molar-refractivity contribution in [1.29, 1.82) is 0 Å². The van der Waals surface area contributed by atoms with Crippen molar-refractivity contribution in [2.75, 3.05) is 0 Å². The summed E-state index contributed by atoms with van der Waals surface area (Å²) in [5.41, 5.74) is 1.95. The van der Waals surface area contributed by atoms with Crippen LogP contribution in [0.5, 0.6) is 5.75 Å². The standard InChI is InChI=1S/C16H17NO3S/c1-2-21(18,19)17-12-14-8-10-16(11-9-14)20-13-15-6-4-3-5-7-15/h2-11,17H,1,12-13H2. The lowest BCUT2D eigenvalue weighted by Gasteiger charge is -2.07. The van der Waals surface area contributed by atoms with Crippen LogP contribution in [0.1, 0.15) is 11.1 Å². The Hall–Kier alpha value is -2.11. The van der Waals surface area contributed by atoms with Crippen molar-refractivity contribution < 1.29 is 13.2 Å². The molecule has 2 aromatic carbocycles. The third-order valence-corrected chi connectivity index (χ3v) is 3.85. The van der Waals surface area contributed by atoms with Crippen molar-refractivity contribution >= 4 is 10.0 Å². The summed E-state index contributed by atoms with van der Waals surface area (Å²) in [6, 6.07) is 17.2. The van der Waals surface area contributed by atoms with E-state index in [2.05, 4.69) is 11.3 Å². The van der Waals surface area contributed by atoms with E-state index in [0.717, 1.165) is 22.3 Å². The molecule has 0 amide bonds. The number of rotatable bonds is 7. The van der Waals surface area contributed by atoms with Crippen LogP contribution in [0.2, 0.25) is 0 Å². The molecule has 0 spiro atoms. The van der Waals surface area contributed by atoms with Crippen LogP contribution in [0.4, 0.5) is 0 Å². The molecule has 0 saturated heterocycles. The van der Waals surface area contributed by atoms with E-state index in [1.54, 1.807) is 0 Å². The molecule has 0 fully saturated rings. The first-order valence-corrected chi connectivity index (χ1v) is 8.01. The van der Waals surface area contributed by atoms with E-state index in [1.165, 1.54) is 0 Å². The largest absolute Gasteiger partial charge is 0.489 e. The van der Waals surface area contributed by atoms with Crippen molar-refractivity contribution in [3.63, 3.8) is 0 Å². The van der Waals surface area contributed by atoms with Crippen molar-refractivity contribution in [2.45, 2.75) is 13.2 Å². The predicted molar refractivity (Wildman–Crippen MR) is 83.2 cm³/mol. The Morgan fingerprint density at radius 3 is 2.29 bits per heavy atom. The van der Waals surface area contributed by atoms with Gasteiger partial charge in [0.2, 0.25) is 10.0 Å². The summed E-state index contributed by atoms with van der Waals surface area (Å²) >= 11 is 0. The summed E-state index contributed by atoms with van der Waals surface area (Å²) in [5.74, 6) is 0.745. The van der Waals surface area contributed by atoms with Crippen LogP contribution < -0.4 is 9.46 Å². The molecule has 2 rings (SSSR count). The highest BCUT2D eigenvalue weighted by atomic mass is 32.2. The van der Waals surface area contributed by atoms with Gasteiger partial charge >= 0.3 is 0 Å². The van der Waals surface area contributed by atoms with Crippen LogP contribution in [0.3, 0.4) is 0 Å². The van der Waals surface area contributed by atoms with Crippen LogP contribution in [0, 0.1) is 0 Å². The Labute approximate surface area is 125 Å². The van der Waals surface area contributed by atoms with Gasteiger partial charge in [0.15, 0.2) is 0 Å². The molecule has 0 saturated carbocycles. The maximum atomic E-state index is 11.2. The van der Waals surface area contributed by atoms with Gasteiger partial charge in [-0.05, 0) is 23.3 Å². The predicted octanol–water partition coefficient (Wildman–Crippen LogP) is 2.83. The van der Waals surface area contributed by atoms with Gasteiger partial charge in [-0.3, -0.25) is 0 Å². The smallest absolute Gasteiger partial charge is 0.233 e. The van der Waals surface area contributed by atoms with Gasteiger partial charge in [-0.25, -0.2) is 13.1 Å². The molecule has 4 nitrogen and oxygen atoms in total. The molecule has 5 heteroatoms. The average molecular weight is 303 g/mol. The van der Waals surface area contributed by atoms with Gasteiger partial charge in [-0.2, -0.15) is 0 Å². The number of ether oxygens (including phenoxy) is 1. The summed E-state index contributed by atoms with van der Waals surface area (Å²) in [4.78, 5) is 0. The lowest BCUT2D eigenvalue weighted by molar-refractivity contribution is 0.306. The van der Waals surface area contributed by atoms with E-state index in [9.17, 15) is 8.42 Å². The molecular weight excluding hydrogens is 286 g/mol. The minimum atomic E-state index is -3.39. The topological polar surface area (TPSA) is 55.4 Å². The van der Waals surface area contributed by atoms with E-state index in [-0.39, 0.29) is 6.54 Å². The van der Waals surface area contributed by atoms with Crippen LogP contribution >= 0.6 is 0 Å². The Balaban J connectivity index is 1.89. The van der Waals surface area contributed by atoms with Gasteiger partial charge in [0.25, 0.3) is 0 Å². The lowest BCUT2D eigenvalue weighted by atomic mass is 10.2. The fraction of sp³-hybridized carbons (Fsp3) is 0.125. The van der Waals surface area contributed by atoms with Gasteiger partial charge in [0.1, 0.15) is 12.4 Å². The van der Waals surface area contributed by atoms with E-state index in [1.807, 2.05) is 54.6 Å². The normalized spacial score (nSPS) is 11.0. The van der Waals surface area contributed by atoms with E-state index < -0.39 is 10.0 Å². The van der Waals surface area contributed by atoms with Gasteiger partial charge in [-0.15, -0.1) is 0 Å². The maximum absolute atomic E-state index is 11.2. The van der Waals surface area contributed by atoms with Gasteiger partial charge in [0.05, 0.1) is 0 Å². The quantitative estimate of drug-likeness (QED) is 0.855. The first kappa shape index (κ1) is 15.3. The number of benzene rings is 2. The van der Waals surface area contributed by atoms with Crippen LogP contribution in [-0.4, -0.2) is 8.42 Å². The van der Waals surface area contributed by atoms with E-state index >= 15 is 0 Å². The molecule has 0 aliphatic heterocycles. The van der Waals surface area contributed by atoms with E-state index in [0.29, 0.717) is 6.61 Å². The van der Waals surface area contributed by atoms with Crippen molar-refractivity contribution in [2.24, 2.45) is 0 Å². The third kappa shape index (κ3) is 5.06. The Morgan fingerprint density at radius 1 is 1.00 bits per heavy atom. The summed E-state index contributed by atoms with van der Waals surface area (Å²) in [5, 5.41) is 0.893. The van der Waals surface area contributed by atoms with Crippen LogP contribution in [0.15, 0.2) is 66.6 Å². The number of hydrogen-bond donors (Lipinski definition) is 1. The number of sulfonamides is 1. The zero-order valence-corrected chi connectivity index (χ0v) is 12.3. The summed E-state index contributed by atoms with van der Waals surface area (Å²) in [6.07, 6.45) is 0. The monoisotopic (exact) mass is 303 g/mol.